The minimum atomic E-state index is -0.0571. The Balaban J connectivity index is 1.09. The maximum atomic E-state index is 12.7. The molecule has 2 atom stereocenters. The summed E-state index contributed by atoms with van der Waals surface area (Å²) in [5, 5.41) is 4.38. The van der Waals surface area contributed by atoms with E-state index in [4.69, 9.17) is 9.47 Å². The molecule has 3 aromatic rings. The van der Waals surface area contributed by atoms with Crippen LogP contribution in [-0.4, -0.2) is 63.8 Å². The van der Waals surface area contributed by atoms with Gasteiger partial charge in [-0.2, -0.15) is 0 Å². The SMILES string of the molecule is O=c1ccc2ccc(=O)n3c2n1C[C@H]3CN1CCO[C@@H](CNCc2cc3c(cn2)OCS3)C1. The fourth-order valence-corrected chi connectivity index (χ4v) is 5.75. The van der Waals surface area contributed by atoms with Crippen LogP contribution in [-0.2, 0) is 17.8 Å². The highest BCUT2D eigenvalue weighted by atomic mass is 32.2. The Morgan fingerprint density at radius 2 is 2.03 bits per heavy atom. The average molecular weight is 468 g/mol. The van der Waals surface area contributed by atoms with Crippen LogP contribution in [0.3, 0.4) is 0 Å². The van der Waals surface area contributed by atoms with Crippen LogP contribution < -0.4 is 21.2 Å². The normalized spacial score (nSPS) is 21.9. The highest BCUT2D eigenvalue weighted by molar-refractivity contribution is 7.99. The summed E-state index contributed by atoms with van der Waals surface area (Å²) in [6, 6.07) is 8.79. The zero-order valence-corrected chi connectivity index (χ0v) is 18.9. The molecule has 0 bridgehead atoms. The second-order valence-electron chi connectivity index (χ2n) is 8.67. The lowest BCUT2D eigenvalue weighted by Crippen LogP contribution is -2.48. The van der Waals surface area contributed by atoms with E-state index < -0.39 is 0 Å². The Morgan fingerprint density at radius 3 is 2.94 bits per heavy atom. The molecule has 0 spiro atoms. The monoisotopic (exact) mass is 467 g/mol. The number of nitrogens with zero attached hydrogens (tertiary/aromatic N) is 4. The Hall–Kier alpha value is -2.66. The number of pyridine rings is 3. The molecule has 0 radical (unpaired) electrons. The Bertz CT molecular complexity index is 1320. The van der Waals surface area contributed by atoms with Gasteiger partial charge in [0.2, 0.25) is 0 Å². The van der Waals surface area contributed by atoms with Crippen molar-refractivity contribution in [2.75, 3.05) is 38.7 Å². The Morgan fingerprint density at radius 1 is 1.15 bits per heavy atom. The van der Waals surface area contributed by atoms with Crippen LogP contribution in [0.5, 0.6) is 5.75 Å². The van der Waals surface area contributed by atoms with Crippen molar-refractivity contribution in [3.8, 4) is 5.75 Å². The van der Waals surface area contributed by atoms with Gasteiger partial charge in [0, 0.05) is 56.8 Å². The van der Waals surface area contributed by atoms with Gasteiger partial charge in [-0.25, -0.2) is 0 Å². The van der Waals surface area contributed by atoms with Crippen molar-refractivity contribution in [3.63, 3.8) is 0 Å². The highest BCUT2D eigenvalue weighted by Gasteiger charge is 2.29. The van der Waals surface area contributed by atoms with E-state index in [0.717, 1.165) is 47.0 Å². The fourth-order valence-electron chi connectivity index (χ4n) is 4.96. The van der Waals surface area contributed by atoms with Crippen molar-refractivity contribution >= 4 is 22.8 Å². The van der Waals surface area contributed by atoms with Crippen LogP contribution in [0.2, 0.25) is 0 Å². The first-order chi connectivity index (χ1) is 16.2. The molecular formula is C23H25N5O4S. The summed E-state index contributed by atoms with van der Waals surface area (Å²) in [4.78, 5) is 33.0. The van der Waals surface area contributed by atoms with Crippen LogP contribution >= 0.6 is 11.8 Å². The number of rotatable bonds is 6. The van der Waals surface area contributed by atoms with E-state index in [9.17, 15) is 9.59 Å². The molecular weight excluding hydrogens is 442 g/mol. The zero-order chi connectivity index (χ0) is 22.4. The first kappa shape index (κ1) is 20.9. The molecule has 3 aliphatic heterocycles. The third-order valence-electron chi connectivity index (χ3n) is 6.50. The molecule has 9 nitrogen and oxygen atoms in total. The topological polar surface area (TPSA) is 90.6 Å². The first-order valence-corrected chi connectivity index (χ1v) is 12.2. The third kappa shape index (κ3) is 3.97. The molecule has 0 aliphatic carbocycles. The number of hydrogen-bond acceptors (Lipinski definition) is 8. The van der Waals surface area contributed by atoms with Crippen LogP contribution in [0.4, 0.5) is 0 Å². The first-order valence-electron chi connectivity index (χ1n) is 11.2. The predicted molar refractivity (Wildman–Crippen MR) is 125 cm³/mol. The molecule has 0 amide bonds. The number of morpholine rings is 1. The lowest BCUT2D eigenvalue weighted by Gasteiger charge is -2.34. The maximum absolute atomic E-state index is 12.7. The number of fused-ring (bicyclic) bond motifs is 1. The van der Waals surface area contributed by atoms with Gasteiger partial charge >= 0.3 is 0 Å². The molecule has 1 N–H and O–H groups in total. The molecule has 0 saturated carbocycles. The van der Waals surface area contributed by atoms with Gasteiger partial charge < -0.3 is 14.8 Å². The molecule has 3 aromatic heterocycles. The summed E-state index contributed by atoms with van der Waals surface area (Å²) in [6.45, 7) is 4.87. The minimum absolute atomic E-state index is 0.0544. The van der Waals surface area contributed by atoms with Crippen molar-refractivity contribution in [2.24, 2.45) is 0 Å². The number of nitrogens with one attached hydrogen (secondary N) is 1. The summed E-state index contributed by atoms with van der Waals surface area (Å²) in [7, 11) is 0. The van der Waals surface area contributed by atoms with Gasteiger partial charge in [-0.05, 0) is 18.2 Å². The molecule has 1 fully saturated rings. The molecule has 10 heteroatoms. The molecule has 33 heavy (non-hydrogen) atoms. The van der Waals surface area contributed by atoms with Gasteiger partial charge in [-0.15, -0.1) is 0 Å². The molecule has 1 saturated heterocycles. The van der Waals surface area contributed by atoms with E-state index in [0.29, 0.717) is 32.2 Å². The summed E-state index contributed by atoms with van der Waals surface area (Å²) >= 11 is 1.69. The molecule has 6 rings (SSSR count). The van der Waals surface area contributed by atoms with E-state index in [2.05, 4.69) is 21.3 Å². The third-order valence-corrected chi connectivity index (χ3v) is 7.37. The van der Waals surface area contributed by atoms with Crippen LogP contribution in [0.1, 0.15) is 11.7 Å². The van der Waals surface area contributed by atoms with Gasteiger partial charge in [0.15, 0.2) is 5.75 Å². The van der Waals surface area contributed by atoms with Crippen molar-refractivity contribution in [1.82, 2.24) is 24.3 Å². The van der Waals surface area contributed by atoms with Crippen LogP contribution in [0, 0.1) is 0 Å². The Labute approximate surface area is 194 Å². The zero-order valence-electron chi connectivity index (χ0n) is 18.1. The maximum Gasteiger partial charge on any atom is 0.252 e. The second-order valence-corrected chi connectivity index (χ2v) is 9.63. The summed E-state index contributed by atoms with van der Waals surface area (Å²) in [6.07, 6.45) is 1.85. The smallest absolute Gasteiger partial charge is 0.252 e. The van der Waals surface area contributed by atoms with Gasteiger partial charge in [-0.3, -0.25) is 28.6 Å². The highest BCUT2D eigenvalue weighted by Crippen LogP contribution is 2.35. The second kappa shape index (κ2) is 8.60. The Kier molecular flexibility index (Phi) is 5.45. The quantitative estimate of drug-likeness (QED) is 0.575. The molecule has 172 valence electrons. The number of ether oxygens (including phenoxy) is 2. The van der Waals surface area contributed by atoms with Crippen LogP contribution in [0.15, 0.2) is 51.0 Å². The number of thioether (sulfide) groups is 1. The number of hydrogen-bond donors (Lipinski definition) is 1. The van der Waals surface area contributed by atoms with E-state index in [1.54, 1.807) is 51.4 Å². The summed E-state index contributed by atoms with van der Waals surface area (Å²) in [5.41, 5.74) is 1.61. The molecule has 3 aliphatic rings. The minimum Gasteiger partial charge on any atom is -0.480 e. The molecule has 0 unspecified atom stereocenters. The predicted octanol–water partition coefficient (Wildman–Crippen LogP) is 1.05. The average Bonchev–Trinajstić information content (AvgIpc) is 3.44. The van der Waals surface area contributed by atoms with Crippen molar-refractivity contribution in [3.05, 3.63) is 62.9 Å². The van der Waals surface area contributed by atoms with Crippen molar-refractivity contribution in [2.45, 2.75) is 30.1 Å². The summed E-state index contributed by atoms with van der Waals surface area (Å²) < 4.78 is 15.0. The number of aromatic nitrogens is 3. The fraction of sp³-hybridized carbons (Fsp3) is 0.435. The summed E-state index contributed by atoms with van der Waals surface area (Å²) in [5.74, 6) is 1.52. The van der Waals surface area contributed by atoms with E-state index in [-0.39, 0.29) is 23.3 Å². The van der Waals surface area contributed by atoms with Gasteiger partial charge in [0.05, 0.1) is 35.5 Å². The van der Waals surface area contributed by atoms with Crippen LogP contribution in [0.25, 0.3) is 11.0 Å². The lowest BCUT2D eigenvalue weighted by atomic mass is 10.2. The largest absolute Gasteiger partial charge is 0.480 e. The van der Waals surface area contributed by atoms with Gasteiger partial charge in [0.1, 0.15) is 11.6 Å². The molecule has 6 heterocycles. The molecule has 0 aromatic carbocycles. The van der Waals surface area contributed by atoms with Gasteiger partial charge in [-0.1, -0.05) is 11.8 Å². The lowest BCUT2D eigenvalue weighted by molar-refractivity contribution is -0.0311. The van der Waals surface area contributed by atoms with E-state index in [1.807, 2.05) is 0 Å². The van der Waals surface area contributed by atoms with E-state index >= 15 is 0 Å². The van der Waals surface area contributed by atoms with Gasteiger partial charge in [0.25, 0.3) is 11.1 Å². The van der Waals surface area contributed by atoms with E-state index in [1.165, 1.54) is 0 Å². The van der Waals surface area contributed by atoms with Crippen molar-refractivity contribution in [1.29, 1.82) is 0 Å². The standard InChI is InChI=1S/C23H25N5O4S/c29-21-3-1-15-2-4-22(30)28-17(12-27(21)23(15)28)11-26-5-6-31-18(13-26)9-24-8-16-7-20-19(10-25-16)32-14-33-20/h1-4,7,10,17-18,24H,5-6,8-9,11-14H2/t17-,18+/m1/s1. The van der Waals surface area contributed by atoms with Crippen molar-refractivity contribution < 1.29 is 9.47 Å².